The second-order valence-corrected chi connectivity index (χ2v) is 7.02. The van der Waals surface area contributed by atoms with Gasteiger partial charge in [-0.05, 0) is 12.1 Å². The minimum absolute atomic E-state index is 0.142. The van der Waals surface area contributed by atoms with E-state index in [2.05, 4.69) is 15.1 Å². The third kappa shape index (κ3) is 3.61. The van der Waals surface area contributed by atoms with Crippen LogP contribution in [0.5, 0.6) is 0 Å². The Labute approximate surface area is 160 Å². The van der Waals surface area contributed by atoms with Crippen LogP contribution in [0.25, 0.3) is 21.6 Å². The quantitative estimate of drug-likeness (QED) is 0.480. The summed E-state index contributed by atoms with van der Waals surface area (Å²) in [6.45, 7) is 2.32. The van der Waals surface area contributed by atoms with Crippen molar-refractivity contribution in [3.8, 4) is 10.6 Å². The fourth-order valence-corrected chi connectivity index (χ4v) is 3.72. The summed E-state index contributed by atoms with van der Waals surface area (Å²) in [7, 11) is 1.87. The number of aromatic nitrogens is 5. The average Bonchev–Trinajstić information content (AvgIpc) is 3.39. The van der Waals surface area contributed by atoms with Gasteiger partial charge in [-0.3, -0.25) is 9.48 Å². The van der Waals surface area contributed by atoms with Crippen LogP contribution in [0, 0.1) is 0 Å². The molecule has 0 amide bonds. The number of carbonyl (C=O) groups excluding carboxylic acids is 1. The van der Waals surface area contributed by atoms with Crippen molar-refractivity contribution >= 4 is 28.3 Å². The largest absolute Gasteiger partial charge is 0.458 e. The third-order valence-electron chi connectivity index (χ3n) is 4.22. The van der Waals surface area contributed by atoms with Crippen LogP contribution in [0.3, 0.4) is 0 Å². The monoisotopic (exact) mass is 381 g/mol. The molecule has 1 aromatic carbocycles. The van der Waals surface area contributed by atoms with E-state index >= 15 is 0 Å². The van der Waals surface area contributed by atoms with E-state index in [1.807, 2.05) is 54.4 Å². The maximum atomic E-state index is 12.4. The van der Waals surface area contributed by atoms with Crippen LogP contribution in [0.4, 0.5) is 0 Å². The Morgan fingerprint density at radius 1 is 1.26 bits per heavy atom. The van der Waals surface area contributed by atoms with Crippen molar-refractivity contribution in [2.24, 2.45) is 7.05 Å². The molecule has 0 aliphatic rings. The Hall–Kier alpha value is -3.00. The summed E-state index contributed by atoms with van der Waals surface area (Å²) in [5, 5.41) is 6.92. The first-order valence-corrected chi connectivity index (χ1v) is 9.55. The standard InChI is InChI=1S/C19H19N5O2S/c1-3-17-22-15-6-4-5-7-16(15)24(17)10-18(25)26-11-14-12-27-19(21-14)13-8-20-23(2)9-13/h4-9,12H,3,10-11H2,1-2H3. The zero-order chi connectivity index (χ0) is 18.8. The molecule has 138 valence electrons. The molecule has 3 heterocycles. The first-order valence-electron chi connectivity index (χ1n) is 8.67. The summed E-state index contributed by atoms with van der Waals surface area (Å²) in [5.41, 5.74) is 3.53. The van der Waals surface area contributed by atoms with E-state index < -0.39 is 0 Å². The van der Waals surface area contributed by atoms with E-state index in [0.717, 1.165) is 39.5 Å². The molecule has 0 unspecified atom stereocenters. The van der Waals surface area contributed by atoms with Gasteiger partial charge in [-0.2, -0.15) is 5.10 Å². The molecular formula is C19H19N5O2S. The summed E-state index contributed by atoms with van der Waals surface area (Å²) in [5.74, 6) is 0.574. The van der Waals surface area contributed by atoms with Crippen LogP contribution >= 0.6 is 11.3 Å². The molecule has 0 saturated heterocycles. The Bertz CT molecular complexity index is 1090. The zero-order valence-corrected chi connectivity index (χ0v) is 15.9. The van der Waals surface area contributed by atoms with Crippen molar-refractivity contribution < 1.29 is 9.53 Å². The van der Waals surface area contributed by atoms with Crippen LogP contribution < -0.4 is 0 Å². The van der Waals surface area contributed by atoms with Gasteiger partial charge in [0.1, 0.15) is 24.0 Å². The number of nitrogens with zero attached hydrogens (tertiary/aromatic N) is 5. The molecule has 0 fully saturated rings. The molecule has 8 heteroatoms. The number of carbonyl (C=O) groups is 1. The lowest BCUT2D eigenvalue weighted by atomic mass is 10.3. The van der Waals surface area contributed by atoms with Crippen LogP contribution in [0.15, 0.2) is 42.0 Å². The van der Waals surface area contributed by atoms with Crippen molar-refractivity contribution in [1.82, 2.24) is 24.3 Å². The predicted molar refractivity (Wildman–Crippen MR) is 103 cm³/mol. The molecule has 0 bridgehead atoms. The second kappa shape index (κ2) is 7.32. The van der Waals surface area contributed by atoms with Gasteiger partial charge in [-0.1, -0.05) is 19.1 Å². The molecule has 4 aromatic rings. The highest BCUT2D eigenvalue weighted by atomic mass is 32.1. The molecule has 0 atom stereocenters. The Morgan fingerprint density at radius 2 is 2.11 bits per heavy atom. The van der Waals surface area contributed by atoms with Gasteiger partial charge in [-0.15, -0.1) is 11.3 Å². The van der Waals surface area contributed by atoms with Gasteiger partial charge in [0.25, 0.3) is 0 Å². The number of aryl methyl sites for hydroxylation is 2. The fourth-order valence-electron chi connectivity index (χ4n) is 2.94. The predicted octanol–water partition coefficient (Wildman–Crippen LogP) is 3.20. The number of benzene rings is 1. The summed E-state index contributed by atoms with van der Waals surface area (Å²) in [6, 6.07) is 7.81. The fraction of sp³-hybridized carbons (Fsp3) is 0.263. The number of rotatable bonds is 6. The number of imidazole rings is 1. The highest BCUT2D eigenvalue weighted by molar-refractivity contribution is 7.13. The highest BCUT2D eigenvalue weighted by Crippen LogP contribution is 2.23. The number of ether oxygens (including phenoxy) is 1. The van der Waals surface area contributed by atoms with Crippen LogP contribution in [-0.2, 0) is 36.2 Å². The first kappa shape index (κ1) is 17.4. The molecule has 7 nitrogen and oxygen atoms in total. The molecule has 27 heavy (non-hydrogen) atoms. The van der Waals surface area contributed by atoms with Crippen LogP contribution in [0.1, 0.15) is 18.4 Å². The van der Waals surface area contributed by atoms with E-state index in [4.69, 9.17) is 4.74 Å². The van der Waals surface area contributed by atoms with Crippen molar-refractivity contribution in [2.45, 2.75) is 26.5 Å². The van der Waals surface area contributed by atoms with Crippen molar-refractivity contribution in [2.75, 3.05) is 0 Å². The minimum atomic E-state index is -0.302. The topological polar surface area (TPSA) is 74.8 Å². The Kier molecular flexibility index (Phi) is 4.72. The van der Waals surface area contributed by atoms with E-state index in [-0.39, 0.29) is 19.1 Å². The first-order chi connectivity index (χ1) is 13.1. The summed E-state index contributed by atoms with van der Waals surface area (Å²) in [4.78, 5) is 21.5. The van der Waals surface area contributed by atoms with E-state index in [9.17, 15) is 4.79 Å². The normalized spacial score (nSPS) is 11.2. The molecule has 0 saturated carbocycles. The highest BCUT2D eigenvalue weighted by Gasteiger charge is 2.14. The summed E-state index contributed by atoms with van der Waals surface area (Å²) in [6.07, 6.45) is 4.43. The van der Waals surface area contributed by atoms with Gasteiger partial charge >= 0.3 is 5.97 Å². The number of esters is 1. The summed E-state index contributed by atoms with van der Waals surface area (Å²) >= 11 is 1.51. The number of fused-ring (bicyclic) bond motifs is 1. The SMILES string of the molecule is CCc1nc2ccccc2n1CC(=O)OCc1csc(-c2cnn(C)c2)n1. The molecular weight excluding hydrogens is 362 g/mol. The number of para-hydroxylation sites is 2. The second-order valence-electron chi connectivity index (χ2n) is 6.16. The maximum absolute atomic E-state index is 12.4. The van der Waals surface area contributed by atoms with E-state index in [1.54, 1.807) is 10.9 Å². The number of thiazole rings is 1. The lowest BCUT2D eigenvalue weighted by Gasteiger charge is -2.08. The van der Waals surface area contributed by atoms with Gasteiger partial charge in [0.15, 0.2) is 0 Å². The molecule has 0 N–H and O–H groups in total. The van der Waals surface area contributed by atoms with Gasteiger partial charge in [0, 0.05) is 30.6 Å². The van der Waals surface area contributed by atoms with Gasteiger partial charge < -0.3 is 9.30 Å². The number of hydrogen-bond acceptors (Lipinski definition) is 6. The van der Waals surface area contributed by atoms with Crippen molar-refractivity contribution in [3.05, 3.63) is 53.6 Å². The smallest absolute Gasteiger partial charge is 0.326 e. The van der Waals surface area contributed by atoms with Gasteiger partial charge in [0.2, 0.25) is 0 Å². The lowest BCUT2D eigenvalue weighted by molar-refractivity contribution is -0.145. The zero-order valence-electron chi connectivity index (χ0n) is 15.1. The third-order valence-corrected chi connectivity index (χ3v) is 5.16. The van der Waals surface area contributed by atoms with Gasteiger partial charge in [-0.25, -0.2) is 9.97 Å². The van der Waals surface area contributed by atoms with Crippen LogP contribution in [-0.4, -0.2) is 30.3 Å². The molecule has 0 aliphatic heterocycles. The minimum Gasteiger partial charge on any atom is -0.458 e. The maximum Gasteiger partial charge on any atom is 0.326 e. The Morgan fingerprint density at radius 3 is 2.89 bits per heavy atom. The molecule has 0 spiro atoms. The summed E-state index contributed by atoms with van der Waals surface area (Å²) < 4.78 is 9.09. The molecule has 4 rings (SSSR count). The van der Waals surface area contributed by atoms with Crippen LogP contribution in [0.2, 0.25) is 0 Å². The molecule has 0 aliphatic carbocycles. The molecule has 3 aromatic heterocycles. The van der Waals surface area contributed by atoms with Crippen molar-refractivity contribution in [1.29, 1.82) is 0 Å². The molecule has 0 radical (unpaired) electrons. The lowest BCUT2D eigenvalue weighted by Crippen LogP contribution is -2.15. The van der Waals surface area contributed by atoms with E-state index in [0.29, 0.717) is 0 Å². The number of hydrogen-bond donors (Lipinski definition) is 0. The average molecular weight is 381 g/mol. The van der Waals surface area contributed by atoms with E-state index in [1.165, 1.54) is 11.3 Å². The van der Waals surface area contributed by atoms with Crippen molar-refractivity contribution in [3.63, 3.8) is 0 Å². The van der Waals surface area contributed by atoms with Gasteiger partial charge in [0.05, 0.1) is 22.9 Å². The Balaban J connectivity index is 1.43.